The summed E-state index contributed by atoms with van der Waals surface area (Å²) in [5.74, 6) is -0.502. The van der Waals surface area contributed by atoms with Gasteiger partial charge in [-0.2, -0.15) is 0 Å². The van der Waals surface area contributed by atoms with E-state index in [0.29, 0.717) is 13.2 Å². The van der Waals surface area contributed by atoms with Crippen molar-refractivity contribution in [1.29, 1.82) is 0 Å². The maximum Gasteiger partial charge on any atom is 0.241 e. The Morgan fingerprint density at radius 1 is 1.52 bits per heavy atom. The molecule has 0 bridgehead atoms. The second-order valence-corrected chi connectivity index (χ2v) is 7.61. The lowest BCUT2D eigenvalue weighted by atomic mass is 10.0. The zero-order valence-electron chi connectivity index (χ0n) is 11.6. The fourth-order valence-electron chi connectivity index (χ4n) is 2.42. The lowest BCUT2D eigenvalue weighted by Gasteiger charge is -2.17. The molecule has 0 saturated carbocycles. The number of sulfonamides is 1. The van der Waals surface area contributed by atoms with E-state index in [1.807, 2.05) is 6.92 Å². The molecule has 21 heavy (non-hydrogen) atoms. The predicted octanol–water partition coefficient (Wildman–Crippen LogP) is 2.26. The minimum atomic E-state index is -3.75. The summed E-state index contributed by atoms with van der Waals surface area (Å²) in [6.45, 7) is 2.96. The molecule has 2 rings (SSSR count). The summed E-state index contributed by atoms with van der Waals surface area (Å²) in [4.78, 5) is -0.0617. The summed E-state index contributed by atoms with van der Waals surface area (Å²) in [7, 11) is -3.75. The van der Waals surface area contributed by atoms with Gasteiger partial charge < -0.3 is 10.5 Å². The van der Waals surface area contributed by atoms with Crippen LogP contribution >= 0.6 is 15.9 Å². The summed E-state index contributed by atoms with van der Waals surface area (Å²) in [5.41, 5.74) is 5.24. The first kappa shape index (κ1) is 16.7. The van der Waals surface area contributed by atoms with Gasteiger partial charge in [0, 0.05) is 23.5 Å². The number of nitrogens with one attached hydrogen (secondary N) is 1. The first-order valence-electron chi connectivity index (χ1n) is 6.71. The third-order valence-corrected chi connectivity index (χ3v) is 6.01. The smallest absolute Gasteiger partial charge is 0.241 e. The van der Waals surface area contributed by atoms with Gasteiger partial charge in [-0.1, -0.05) is 6.92 Å². The Kier molecular flexibility index (Phi) is 5.24. The Bertz CT molecular complexity index is 624. The molecule has 0 aromatic heterocycles. The van der Waals surface area contributed by atoms with Crippen molar-refractivity contribution in [3.63, 3.8) is 0 Å². The van der Waals surface area contributed by atoms with Gasteiger partial charge in [0.05, 0.1) is 16.7 Å². The van der Waals surface area contributed by atoms with Crippen LogP contribution < -0.4 is 10.5 Å². The van der Waals surface area contributed by atoms with Crippen molar-refractivity contribution in [2.24, 2.45) is 5.92 Å². The molecule has 2 unspecified atom stereocenters. The number of nitrogen functional groups attached to an aromatic ring is 1. The first-order chi connectivity index (χ1) is 9.85. The molecule has 5 nitrogen and oxygen atoms in total. The van der Waals surface area contributed by atoms with E-state index in [4.69, 9.17) is 10.5 Å². The van der Waals surface area contributed by atoms with Crippen molar-refractivity contribution in [3.05, 3.63) is 22.4 Å². The molecule has 118 valence electrons. The molecule has 1 fully saturated rings. The lowest BCUT2D eigenvalue weighted by Crippen LogP contribution is -2.33. The van der Waals surface area contributed by atoms with Crippen LogP contribution in [0, 0.1) is 11.7 Å². The normalized spacial score (nSPS) is 22.6. The molecule has 1 heterocycles. The molecule has 0 spiro atoms. The molecule has 1 aliphatic heterocycles. The number of hydrogen-bond acceptors (Lipinski definition) is 4. The van der Waals surface area contributed by atoms with Crippen LogP contribution in [-0.4, -0.2) is 27.7 Å². The van der Waals surface area contributed by atoms with E-state index < -0.39 is 15.8 Å². The number of nitrogens with two attached hydrogens (primary N) is 1. The molecule has 1 aromatic rings. The van der Waals surface area contributed by atoms with E-state index >= 15 is 0 Å². The summed E-state index contributed by atoms with van der Waals surface area (Å²) in [5, 5.41) is 0. The maximum absolute atomic E-state index is 13.3. The fourth-order valence-corrected chi connectivity index (χ4v) is 4.56. The lowest BCUT2D eigenvalue weighted by molar-refractivity contribution is 0.0884. The maximum atomic E-state index is 13.3. The second kappa shape index (κ2) is 6.60. The highest BCUT2D eigenvalue weighted by Crippen LogP contribution is 2.28. The van der Waals surface area contributed by atoms with E-state index in [0.717, 1.165) is 25.0 Å². The number of rotatable bonds is 5. The summed E-state index contributed by atoms with van der Waals surface area (Å²) >= 11 is 3.06. The molecular formula is C13H18BrFN2O3S. The molecular weight excluding hydrogens is 363 g/mol. The van der Waals surface area contributed by atoms with Crippen LogP contribution in [0.15, 0.2) is 21.5 Å². The van der Waals surface area contributed by atoms with E-state index in [2.05, 4.69) is 20.7 Å². The highest BCUT2D eigenvalue weighted by molar-refractivity contribution is 9.10. The Balaban J connectivity index is 2.14. The Morgan fingerprint density at radius 3 is 2.90 bits per heavy atom. The third kappa shape index (κ3) is 3.74. The van der Waals surface area contributed by atoms with Crippen LogP contribution in [0.4, 0.5) is 10.1 Å². The second-order valence-electron chi connectivity index (χ2n) is 5.02. The van der Waals surface area contributed by atoms with Gasteiger partial charge >= 0.3 is 0 Å². The molecule has 1 saturated heterocycles. The van der Waals surface area contributed by atoms with Crippen LogP contribution in [0.1, 0.15) is 19.8 Å². The van der Waals surface area contributed by atoms with Crippen molar-refractivity contribution < 1.29 is 17.5 Å². The zero-order chi connectivity index (χ0) is 15.6. The van der Waals surface area contributed by atoms with Crippen molar-refractivity contribution in [2.45, 2.75) is 30.8 Å². The van der Waals surface area contributed by atoms with E-state index in [1.165, 1.54) is 0 Å². The molecule has 1 aliphatic rings. The Hall–Kier alpha value is -0.700. The van der Waals surface area contributed by atoms with Crippen molar-refractivity contribution in [2.75, 3.05) is 18.9 Å². The highest BCUT2D eigenvalue weighted by Gasteiger charge is 2.29. The molecule has 3 N–H and O–H groups in total. The van der Waals surface area contributed by atoms with Crippen molar-refractivity contribution in [3.8, 4) is 0 Å². The first-order valence-corrected chi connectivity index (χ1v) is 8.98. The topological polar surface area (TPSA) is 81.4 Å². The summed E-state index contributed by atoms with van der Waals surface area (Å²) in [6, 6.07) is 2.17. The van der Waals surface area contributed by atoms with E-state index in [9.17, 15) is 12.8 Å². The minimum Gasteiger partial charge on any atom is -0.396 e. The van der Waals surface area contributed by atoms with Crippen LogP contribution in [0.3, 0.4) is 0 Å². The SMILES string of the molecule is CCC1OCCC1CNS(=O)(=O)c1cc(N)c(F)cc1Br. The average molecular weight is 381 g/mol. The Labute approximate surface area is 132 Å². The number of ether oxygens (including phenoxy) is 1. The van der Waals surface area contributed by atoms with E-state index in [-0.39, 0.29) is 27.1 Å². The zero-order valence-corrected chi connectivity index (χ0v) is 14.0. The summed E-state index contributed by atoms with van der Waals surface area (Å²) in [6.07, 6.45) is 1.75. The molecule has 2 atom stereocenters. The van der Waals surface area contributed by atoms with Gasteiger partial charge in [0.25, 0.3) is 0 Å². The van der Waals surface area contributed by atoms with E-state index in [1.54, 1.807) is 0 Å². The van der Waals surface area contributed by atoms with Gasteiger partial charge in [-0.15, -0.1) is 0 Å². The summed E-state index contributed by atoms with van der Waals surface area (Å²) < 4.78 is 46.1. The van der Waals surface area contributed by atoms with Crippen LogP contribution in [-0.2, 0) is 14.8 Å². The van der Waals surface area contributed by atoms with Gasteiger partial charge in [-0.05, 0) is 40.9 Å². The van der Waals surface area contributed by atoms with Gasteiger partial charge in [-0.3, -0.25) is 0 Å². The standard InChI is InChI=1S/C13H18BrFN2O3S/c1-2-12-8(3-4-20-12)7-17-21(18,19)13-6-11(16)10(15)5-9(13)14/h5-6,8,12,17H,2-4,7,16H2,1H3. The quantitative estimate of drug-likeness (QED) is 0.767. The average Bonchev–Trinajstić information content (AvgIpc) is 2.88. The number of anilines is 1. The molecule has 0 amide bonds. The predicted molar refractivity (Wildman–Crippen MR) is 81.8 cm³/mol. The number of halogens is 2. The number of hydrogen-bond donors (Lipinski definition) is 2. The minimum absolute atomic E-state index is 0.0617. The van der Waals surface area contributed by atoms with Gasteiger partial charge in [0.15, 0.2) is 0 Å². The molecule has 0 aliphatic carbocycles. The van der Waals surface area contributed by atoms with Crippen LogP contribution in [0.25, 0.3) is 0 Å². The van der Waals surface area contributed by atoms with Crippen LogP contribution in [0.2, 0.25) is 0 Å². The van der Waals surface area contributed by atoms with Gasteiger partial charge in [0.1, 0.15) is 5.82 Å². The Morgan fingerprint density at radius 2 is 2.24 bits per heavy atom. The number of benzene rings is 1. The van der Waals surface area contributed by atoms with Gasteiger partial charge in [-0.25, -0.2) is 17.5 Å². The molecule has 0 radical (unpaired) electrons. The largest absolute Gasteiger partial charge is 0.396 e. The van der Waals surface area contributed by atoms with Crippen LogP contribution in [0.5, 0.6) is 0 Å². The van der Waals surface area contributed by atoms with Gasteiger partial charge in [0.2, 0.25) is 10.0 Å². The fraction of sp³-hybridized carbons (Fsp3) is 0.538. The monoisotopic (exact) mass is 380 g/mol. The van der Waals surface area contributed by atoms with Crippen molar-refractivity contribution >= 4 is 31.6 Å². The third-order valence-electron chi connectivity index (χ3n) is 3.62. The highest BCUT2D eigenvalue weighted by atomic mass is 79.9. The molecule has 8 heteroatoms. The van der Waals surface area contributed by atoms with Crippen molar-refractivity contribution in [1.82, 2.24) is 4.72 Å². The molecule has 1 aromatic carbocycles.